The summed E-state index contributed by atoms with van der Waals surface area (Å²) >= 11 is 0. The van der Waals surface area contributed by atoms with Gasteiger partial charge in [0.15, 0.2) is 0 Å². The molecule has 0 bridgehead atoms. The molecule has 0 amide bonds. The van der Waals surface area contributed by atoms with Gasteiger partial charge in [0.05, 0.1) is 0 Å². The minimum absolute atomic E-state index is 0.804. The van der Waals surface area contributed by atoms with Crippen LogP contribution in [-0.4, -0.2) is 13.2 Å². The SMILES string of the molecule is C1CC23CCC2CCC3CO1. The van der Waals surface area contributed by atoms with Crippen LogP contribution in [0.15, 0.2) is 0 Å². The summed E-state index contributed by atoms with van der Waals surface area (Å²) in [7, 11) is 0. The minimum atomic E-state index is 0.804. The monoisotopic (exact) mass is 152 g/mol. The van der Waals surface area contributed by atoms with Gasteiger partial charge in [0.25, 0.3) is 0 Å². The van der Waals surface area contributed by atoms with Crippen LogP contribution < -0.4 is 0 Å². The summed E-state index contributed by atoms with van der Waals surface area (Å²) in [6, 6.07) is 0. The van der Waals surface area contributed by atoms with Crippen molar-refractivity contribution in [2.45, 2.75) is 32.1 Å². The molecule has 0 aromatic carbocycles. The van der Waals surface area contributed by atoms with Crippen molar-refractivity contribution in [1.29, 1.82) is 0 Å². The summed E-state index contributed by atoms with van der Waals surface area (Å²) in [5.41, 5.74) is 0.804. The molecule has 3 rings (SSSR count). The number of ether oxygens (including phenoxy) is 1. The highest BCUT2D eigenvalue weighted by Crippen LogP contribution is 2.63. The normalized spacial score (nSPS) is 54.5. The second-order valence-electron chi connectivity index (χ2n) is 4.57. The number of hydrogen-bond acceptors (Lipinski definition) is 1. The van der Waals surface area contributed by atoms with E-state index in [9.17, 15) is 0 Å². The molecule has 1 nitrogen and oxygen atoms in total. The van der Waals surface area contributed by atoms with Gasteiger partial charge in [0, 0.05) is 13.2 Å². The largest absolute Gasteiger partial charge is 0.381 e. The van der Waals surface area contributed by atoms with Gasteiger partial charge in [0.1, 0.15) is 0 Å². The molecule has 1 aliphatic heterocycles. The Morgan fingerprint density at radius 2 is 1.91 bits per heavy atom. The first-order valence-corrected chi connectivity index (χ1v) is 4.99. The molecular formula is C10H16O. The van der Waals surface area contributed by atoms with Crippen LogP contribution in [0.3, 0.4) is 0 Å². The third-order valence-electron chi connectivity index (χ3n) is 4.48. The molecule has 1 spiro atoms. The molecule has 3 fully saturated rings. The Morgan fingerprint density at radius 1 is 1.00 bits per heavy atom. The van der Waals surface area contributed by atoms with E-state index in [2.05, 4.69) is 0 Å². The Labute approximate surface area is 68.1 Å². The van der Waals surface area contributed by atoms with Crippen molar-refractivity contribution in [2.24, 2.45) is 17.3 Å². The highest BCUT2D eigenvalue weighted by atomic mass is 16.5. The maximum atomic E-state index is 5.53. The zero-order valence-corrected chi connectivity index (χ0v) is 7.01. The molecule has 3 atom stereocenters. The zero-order valence-electron chi connectivity index (χ0n) is 7.01. The second kappa shape index (κ2) is 2.01. The van der Waals surface area contributed by atoms with Crippen LogP contribution in [0.5, 0.6) is 0 Å². The maximum absolute atomic E-state index is 5.53. The summed E-state index contributed by atoms with van der Waals surface area (Å²) in [5, 5.41) is 0. The fraction of sp³-hybridized carbons (Fsp3) is 1.00. The summed E-state index contributed by atoms with van der Waals surface area (Å²) < 4.78 is 5.53. The molecular weight excluding hydrogens is 136 g/mol. The van der Waals surface area contributed by atoms with Crippen LogP contribution in [0.1, 0.15) is 32.1 Å². The summed E-state index contributed by atoms with van der Waals surface area (Å²) in [5.74, 6) is 2.06. The Kier molecular flexibility index (Phi) is 1.18. The third kappa shape index (κ3) is 0.658. The van der Waals surface area contributed by atoms with Gasteiger partial charge >= 0.3 is 0 Å². The van der Waals surface area contributed by atoms with Gasteiger partial charge in [-0.3, -0.25) is 0 Å². The average molecular weight is 152 g/mol. The minimum Gasteiger partial charge on any atom is -0.381 e. The molecule has 0 aromatic rings. The molecule has 0 aromatic heterocycles. The molecule has 3 unspecified atom stereocenters. The third-order valence-corrected chi connectivity index (χ3v) is 4.48. The van der Waals surface area contributed by atoms with Gasteiger partial charge in [0.2, 0.25) is 0 Å². The first-order chi connectivity index (χ1) is 5.42. The summed E-state index contributed by atoms with van der Waals surface area (Å²) in [4.78, 5) is 0. The van der Waals surface area contributed by atoms with Crippen LogP contribution in [-0.2, 0) is 4.74 Å². The molecule has 1 heteroatoms. The average Bonchev–Trinajstić information content (AvgIpc) is 2.26. The lowest BCUT2D eigenvalue weighted by Gasteiger charge is -2.51. The van der Waals surface area contributed by atoms with E-state index in [0.29, 0.717) is 0 Å². The Bertz CT molecular complexity index is 176. The summed E-state index contributed by atoms with van der Waals surface area (Å²) in [6.07, 6.45) is 7.39. The number of rotatable bonds is 0. The van der Waals surface area contributed by atoms with Crippen molar-refractivity contribution < 1.29 is 4.74 Å². The molecule has 1 saturated heterocycles. The predicted molar refractivity (Wildman–Crippen MR) is 43.3 cm³/mol. The molecule has 1 heterocycles. The lowest BCUT2D eigenvalue weighted by atomic mass is 9.56. The van der Waals surface area contributed by atoms with Crippen LogP contribution >= 0.6 is 0 Å². The lowest BCUT2D eigenvalue weighted by molar-refractivity contribution is -0.0909. The van der Waals surface area contributed by atoms with E-state index in [4.69, 9.17) is 4.74 Å². The van der Waals surface area contributed by atoms with E-state index in [0.717, 1.165) is 30.5 Å². The fourth-order valence-electron chi connectivity index (χ4n) is 3.65. The van der Waals surface area contributed by atoms with Crippen LogP contribution in [0.25, 0.3) is 0 Å². The highest BCUT2D eigenvalue weighted by Gasteiger charge is 2.56. The quantitative estimate of drug-likeness (QED) is 0.517. The van der Waals surface area contributed by atoms with E-state index in [1.165, 1.54) is 32.1 Å². The van der Waals surface area contributed by atoms with Gasteiger partial charge < -0.3 is 4.74 Å². The van der Waals surface area contributed by atoms with Crippen molar-refractivity contribution in [3.63, 3.8) is 0 Å². The van der Waals surface area contributed by atoms with Crippen molar-refractivity contribution >= 4 is 0 Å². The maximum Gasteiger partial charge on any atom is 0.0499 e. The van der Waals surface area contributed by atoms with Crippen molar-refractivity contribution in [1.82, 2.24) is 0 Å². The predicted octanol–water partition coefficient (Wildman–Crippen LogP) is 2.21. The Balaban J connectivity index is 1.89. The van der Waals surface area contributed by atoms with Crippen LogP contribution in [0.4, 0.5) is 0 Å². The van der Waals surface area contributed by atoms with E-state index in [1.807, 2.05) is 0 Å². The van der Waals surface area contributed by atoms with Crippen molar-refractivity contribution in [3.8, 4) is 0 Å². The summed E-state index contributed by atoms with van der Waals surface area (Å²) in [6.45, 7) is 2.13. The van der Waals surface area contributed by atoms with Gasteiger partial charge in [-0.1, -0.05) is 0 Å². The standard InChI is InChI=1S/C10H16O/c1-2-9-7-11-6-5-10(9)4-3-8(1)10/h8-9H,1-7H2. The smallest absolute Gasteiger partial charge is 0.0499 e. The molecule has 11 heavy (non-hydrogen) atoms. The topological polar surface area (TPSA) is 9.23 Å². The number of hydrogen-bond donors (Lipinski definition) is 0. The van der Waals surface area contributed by atoms with Gasteiger partial charge in [-0.25, -0.2) is 0 Å². The van der Waals surface area contributed by atoms with Gasteiger partial charge in [-0.2, -0.15) is 0 Å². The van der Waals surface area contributed by atoms with Crippen LogP contribution in [0, 0.1) is 17.3 Å². The van der Waals surface area contributed by atoms with E-state index in [-0.39, 0.29) is 0 Å². The van der Waals surface area contributed by atoms with Gasteiger partial charge in [-0.15, -0.1) is 0 Å². The molecule has 3 aliphatic rings. The molecule has 62 valence electrons. The van der Waals surface area contributed by atoms with E-state index >= 15 is 0 Å². The fourth-order valence-corrected chi connectivity index (χ4v) is 3.65. The Hall–Kier alpha value is -0.0400. The lowest BCUT2D eigenvalue weighted by Crippen LogP contribution is -2.45. The molecule has 2 saturated carbocycles. The Morgan fingerprint density at radius 3 is 2.64 bits per heavy atom. The van der Waals surface area contributed by atoms with Crippen molar-refractivity contribution in [2.75, 3.05) is 13.2 Å². The first-order valence-electron chi connectivity index (χ1n) is 4.99. The van der Waals surface area contributed by atoms with E-state index < -0.39 is 0 Å². The van der Waals surface area contributed by atoms with Crippen molar-refractivity contribution in [3.05, 3.63) is 0 Å². The molecule has 0 radical (unpaired) electrons. The molecule has 0 N–H and O–H groups in total. The molecule has 2 aliphatic carbocycles. The van der Waals surface area contributed by atoms with E-state index in [1.54, 1.807) is 0 Å². The van der Waals surface area contributed by atoms with Crippen LogP contribution in [0.2, 0.25) is 0 Å². The highest BCUT2D eigenvalue weighted by molar-refractivity contribution is 5.05. The zero-order chi connectivity index (χ0) is 7.31. The second-order valence-corrected chi connectivity index (χ2v) is 4.57. The first kappa shape index (κ1) is 6.47. The van der Waals surface area contributed by atoms with Gasteiger partial charge in [-0.05, 0) is 49.4 Å².